The van der Waals surface area contributed by atoms with Crippen LogP contribution in [0, 0.1) is 0 Å². The van der Waals surface area contributed by atoms with E-state index in [2.05, 4.69) is 25.0 Å². The molecule has 3 aromatic heterocycles. The van der Waals surface area contributed by atoms with Crippen molar-refractivity contribution in [1.29, 1.82) is 0 Å². The van der Waals surface area contributed by atoms with Gasteiger partial charge in [0.1, 0.15) is 22.9 Å². The Morgan fingerprint density at radius 2 is 1.97 bits per heavy atom. The first-order chi connectivity index (χ1) is 16.7. The van der Waals surface area contributed by atoms with Gasteiger partial charge in [0.15, 0.2) is 5.13 Å². The highest BCUT2D eigenvalue weighted by Gasteiger charge is 2.24. The topological polar surface area (TPSA) is 110 Å². The molecule has 9 heteroatoms. The predicted molar refractivity (Wildman–Crippen MR) is 134 cm³/mol. The van der Waals surface area contributed by atoms with Crippen LogP contribution in [0.1, 0.15) is 64.8 Å². The molecule has 1 aliphatic carbocycles. The van der Waals surface area contributed by atoms with Crippen LogP contribution in [0.2, 0.25) is 0 Å². The minimum Gasteiger partial charge on any atom is -0.382 e. The van der Waals surface area contributed by atoms with Crippen molar-refractivity contribution in [3.63, 3.8) is 0 Å². The lowest BCUT2D eigenvalue weighted by Gasteiger charge is -2.20. The molecule has 6 rings (SSSR count). The summed E-state index contributed by atoms with van der Waals surface area (Å²) >= 11 is 1.54. The number of carbonyl (C=O) groups is 1. The molecular weight excluding hydrogens is 446 g/mol. The van der Waals surface area contributed by atoms with Crippen LogP contribution in [0.4, 0.5) is 10.9 Å². The monoisotopic (exact) mass is 473 g/mol. The van der Waals surface area contributed by atoms with Crippen LogP contribution in [0.25, 0.3) is 16.8 Å². The molecule has 1 aliphatic heterocycles. The van der Waals surface area contributed by atoms with Gasteiger partial charge >= 0.3 is 0 Å². The highest BCUT2D eigenvalue weighted by molar-refractivity contribution is 7.15. The smallest absolute Gasteiger partial charge is 0.257 e. The van der Waals surface area contributed by atoms with Crippen molar-refractivity contribution in [1.82, 2.24) is 24.7 Å². The number of amides is 1. The lowest BCUT2D eigenvalue weighted by Crippen LogP contribution is -2.22. The van der Waals surface area contributed by atoms with E-state index in [-0.39, 0.29) is 5.91 Å². The Morgan fingerprint density at radius 3 is 2.76 bits per heavy atom. The van der Waals surface area contributed by atoms with Gasteiger partial charge in [0, 0.05) is 53.8 Å². The van der Waals surface area contributed by atoms with Crippen molar-refractivity contribution in [2.45, 2.75) is 51.0 Å². The van der Waals surface area contributed by atoms with Crippen molar-refractivity contribution in [3.05, 3.63) is 58.6 Å². The van der Waals surface area contributed by atoms with Crippen LogP contribution >= 0.6 is 11.3 Å². The number of carbonyl (C=O) groups excluding carboxylic acids is 1. The second kappa shape index (κ2) is 8.81. The second-order valence-corrected chi connectivity index (χ2v) is 10.1. The minimum atomic E-state index is -0.163. The minimum absolute atomic E-state index is 0.163. The normalized spacial score (nSPS) is 16.5. The molecule has 0 atom stereocenters. The molecule has 4 N–H and O–H groups in total. The maximum absolute atomic E-state index is 12.8. The van der Waals surface area contributed by atoms with Crippen LogP contribution in [-0.2, 0) is 13.0 Å². The van der Waals surface area contributed by atoms with Gasteiger partial charge in [0.2, 0.25) is 0 Å². The SMILES string of the molecule is Nc1nccn2c(C3CCCCC3)nc(-c3ccc(C(=O)Nc4nc5c(s4)CNCC5)cc3)c12. The molecule has 1 aromatic carbocycles. The van der Waals surface area contributed by atoms with Crippen LogP contribution in [0.5, 0.6) is 0 Å². The van der Waals surface area contributed by atoms with Gasteiger partial charge in [-0.1, -0.05) is 31.4 Å². The number of nitrogens with two attached hydrogens (primary N) is 1. The number of fused-ring (bicyclic) bond motifs is 2. The Hall–Kier alpha value is -3.30. The van der Waals surface area contributed by atoms with E-state index in [0.717, 1.165) is 60.6 Å². The van der Waals surface area contributed by atoms with E-state index in [1.54, 1.807) is 6.20 Å². The van der Waals surface area contributed by atoms with E-state index in [4.69, 9.17) is 10.7 Å². The number of hydrogen-bond acceptors (Lipinski definition) is 7. The number of aromatic nitrogens is 4. The fourth-order valence-corrected chi connectivity index (χ4v) is 6.04. The number of nitrogen functional groups attached to an aromatic ring is 1. The van der Waals surface area contributed by atoms with Gasteiger partial charge < -0.3 is 11.1 Å². The third-order valence-electron chi connectivity index (χ3n) is 6.82. The third kappa shape index (κ3) is 3.84. The van der Waals surface area contributed by atoms with Crippen molar-refractivity contribution in [2.24, 2.45) is 0 Å². The Bertz CT molecular complexity index is 1330. The number of nitrogens with one attached hydrogen (secondary N) is 2. The van der Waals surface area contributed by atoms with E-state index in [1.165, 1.54) is 35.5 Å². The third-order valence-corrected chi connectivity index (χ3v) is 7.84. The van der Waals surface area contributed by atoms with E-state index in [9.17, 15) is 4.79 Å². The van der Waals surface area contributed by atoms with E-state index in [1.807, 2.05) is 30.5 Å². The summed E-state index contributed by atoms with van der Waals surface area (Å²) in [7, 11) is 0. The molecule has 2 aliphatic rings. The van der Waals surface area contributed by atoms with Gasteiger partial charge in [-0.3, -0.25) is 14.5 Å². The average molecular weight is 474 g/mol. The molecule has 0 saturated heterocycles. The fourth-order valence-electron chi connectivity index (χ4n) is 5.06. The maximum atomic E-state index is 12.8. The Kier molecular flexibility index (Phi) is 5.50. The van der Waals surface area contributed by atoms with Gasteiger partial charge in [0.05, 0.1) is 5.69 Å². The van der Waals surface area contributed by atoms with Gasteiger partial charge in [-0.15, -0.1) is 11.3 Å². The molecule has 34 heavy (non-hydrogen) atoms. The molecule has 4 heterocycles. The standard InChI is InChI=1S/C25H27N7OS/c26-22-21-20(30-23(32(21)13-12-28-22)16-4-2-1-3-5-16)15-6-8-17(9-7-15)24(33)31-25-29-18-10-11-27-14-19(18)34-25/h6-9,12-13,16,27H,1-5,10-11,14H2,(H2,26,28)(H,29,31,33). The van der Waals surface area contributed by atoms with Crippen molar-refractivity contribution in [2.75, 3.05) is 17.6 Å². The molecule has 0 spiro atoms. The van der Waals surface area contributed by atoms with Crippen LogP contribution in [-0.4, -0.2) is 31.8 Å². The lowest BCUT2D eigenvalue weighted by atomic mass is 9.89. The van der Waals surface area contributed by atoms with Gasteiger partial charge in [-0.25, -0.2) is 15.0 Å². The number of rotatable bonds is 4. The summed E-state index contributed by atoms with van der Waals surface area (Å²) in [5, 5.41) is 6.94. The molecule has 1 amide bonds. The van der Waals surface area contributed by atoms with Crippen molar-refractivity contribution >= 4 is 33.7 Å². The van der Waals surface area contributed by atoms with E-state index < -0.39 is 0 Å². The van der Waals surface area contributed by atoms with Gasteiger partial charge in [-0.2, -0.15) is 0 Å². The molecule has 1 saturated carbocycles. The quantitative estimate of drug-likeness (QED) is 0.406. The average Bonchev–Trinajstić information content (AvgIpc) is 3.46. The maximum Gasteiger partial charge on any atom is 0.257 e. The molecular formula is C25H27N7OS. The molecule has 0 bridgehead atoms. The largest absolute Gasteiger partial charge is 0.382 e. The van der Waals surface area contributed by atoms with Crippen LogP contribution < -0.4 is 16.4 Å². The zero-order valence-electron chi connectivity index (χ0n) is 18.9. The van der Waals surface area contributed by atoms with E-state index >= 15 is 0 Å². The summed E-state index contributed by atoms with van der Waals surface area (Å²) in [6, 6.07) is 7.53. The number of nitrogens with zero attached hydrogens (tertiary/aromatic N) is 4. The van der Waals surface area contributed by atoms with Crippen LogP contribution in [0.15, 0.2) is 36.7 Å². The number of imidazole rings is 1. The summed E-state index contributed by atoms with van der Waals surface area (Å²) < 4.78 is 2.10. The first-order valence-electron chi connectivity index (χ1n) is 11.9. The Balaban J connectivity index is 1.28. The molecule has 8 nitrogen and oxygen atoms in total. The molecule has 174 valence electrons. The predicted octanol–water partition coefficient (Wildman–Crippen LogP) is 4.38. The summed E-state index contributed by atoms with van der Waals surface area (Å²) in [6.45, 7) is 1.74. The number of benzene rings is 1. The highest BCUT2D eigenvalue weighted by atomic mass is 32.1. The van der Waals surface area contributed by atoms with Crippen LogP contribution in [0.3, 0.4) is 0 Å². The van der Waals surface area contributed by atoms with E-state index in [0.29, 0.717) is 22.4 Å². The Labute approximate surface area is 201 Å². The first kappa shape index (κ1) is 21.2. The second-order valence-electron chi connectivity index (χ2n) is 9.03. The summed E-state index contributed by atoms with van der Waals surface area (Å²) in [5.74, 6) is 1.80. The summed E-state index contributed by atoms with van der Waals surface area (Å²) in [6.07, 6.45) is 10.6. The number of anilines is 2. The fraction of sp³-hybridized carbons (Fsp3) is 0.360. The summed E-state index contributed by atoms with van der Waals surface area (Å²) in [5.41, 5.74) is 10.5. The number of hydrogen-bond donors (Lipinski definition) is 3. The van der Waals surface area contributed by atoms with Crippen molar-refractivity contribution in [3.8, 4) is 11.3 Å². The highest BCUT2D eigenvalue weighted by Crippen LogP contribution is 2.36. The van der Waals surface area contributed by atoms with Gasteiger partial charge in [-0.05, 0) is 25.0 Å². The summed E-state index contributed by atoms with van der Waals surface area (Å²) in [4.78, 5) is 28.0. The van der Waals surface area contributed by atoms with Crippen molar-refractivity contribution < 1.29 is 4.79 Å². The molecule has 0 unspecified atom stereocenters. The zero-order chi connectivity index (χ0) is 23.1. The first-order valence-corrected chi connectivity index (χ1v) is 12.7. The Morgan fingerprint density at radius 1 is 1.15 bits per heavy atom. The molecule has 0 radical (unpaired) electrons. The lowest BCUT2D eigenvalue weighted by molar-refractivity contribution is 0.102. The number of thiazole rings is 1. The molecule has 1 fully saturated rings. The van der Waals surface area contributed by atoms with Gasteiger partial charge in [0.25, 0.3) is 5.91 Å². The molecule has 4 aromatic rings. The zero-order valence-corrected chi connectivity index (χ0v) is 19.7.